The van der Waals surface area contributed by atoms with Gasteiger partial charge in [0.25, 0.3) is 11.8 Å². The molecule has 0 radical (unpaired) electrons. The van der Waals surface area contributed by atoms with E-state index in [-0.39, 0.29) is 23.2 Å². The summed E-state index contributed by atoms with van der Waals surface area (Å²) >= 11 is 0.884. The van der Waals surface area contributed by atoms with E-state index in [1.165, 1.54) is 60.7 Å². The summed E-state index contributed by atoms with van der Waals surface area (Å²) in [6, 6.07) is 0.559. The number of carbonyl (C=O) groups is 10. The predicted molar refractivity (Wildman–Crippen MR) is 303 cm³/mol. The van der Waals surface area contributed by atoms with Crippen molar-refractivity contribution in [3.63, 3.8) is 0 Å². The topological polar surface area (TPSA) is 319 Å². The zero-order valence-corrected chi connectivity index (χ0v) is 49.7. The van der Waals surface area contributed by atoms with E-state index in [2.05, 4.69) is 41.2 Å². The van der Waals surface area contributed by atoms with E-state index in [1.807, 2.05) is 0 Å². The van der Waals surface area contributed by atoms with Crippen LogP contribution >= 0.6 is 11.8 Å². The summed E-state index contributed by atoms with van der Waals surface area (Å²) in [5, 5.41) is 10.2. The number of carbonyl (C=O) groups excluding carboxylic acids is 10. The number of nitrogens with zero attached hydrogens (tertiary/aromatic N) is 8. The van der Waals surface area contributed by atoms with Crippen LogP contribution in [0.4, 0.5) is 0 Å². The Kier molecular flexibility index (Phi) is 21.2. The minimum Gasteiger partial charge on any atom is -0.461 e. The summed E-state index contributed by atoms with van der Waals surface area (Å²) in [4.78, 5) is 168. The number of rotatable bonds is 9. The molecule has 2 fully saturated rings. The van der Waals surface area contributed by atoms with E-state index in [9.17, 15) is 38.4 Å². The lowest BCUT2D eigenvalue weighted by atomic mass is 9.89. The lowest BCUT2D eigenvalue weighted by molar-refractivity contribution is -0.161. The zero-order valence-electron chi connectivity index (χ0n) is 48.1. The minimum atomic E-state index is -2.40. The molecule has 12 atom stereocenters. The number of thioether (sulfide) groups is 1. The van der Waals surface area contributed by atoms with Gasteiger partial charge < -0.3 is 50.3 Å². The maximum atomic E-state index is 15.5. The van der Waals surface area contributed by atoms with Gasteiger partial charge in [-0.2, -0.15) is 0 Å². The number of hydrogen-bond donors (Lipinski definition) is 4. The van der Waals surface area contributed by atoms with Gasteiger partial charge in [0.05, 0.1) is 40.2 Å². The second kappa shape index (κ2) is 27.4. The molecule has 2 aliphatic heterocycles. The highest BCUT2D eigenvalue weighted by Gasteiger charge is 2.48. The van der Waals surface area contributed by atoms with Crippen molar-refractivity contribution in [3.8, 4) is 0 Å². The fourth-order valence-electron chi connectivity index (χ4n) is 9.46. The summed E-state index contributed by atoms with van der Waals surface area (Å²) in [6.45, 7) is 11.4. The molecule has 2 saturated heterocycles. The van der Waals surface area contributed by atoms with Crippen LogP contribution in [-0.4, -0.2) is 209 Å². The zero-order chi connectivity index (χ0) is 60.6. The van der Waals surface area contributed by atoms with Crippen LogP contribution in [0, 0.1) is 23.7 Å². The molecule has 4 heterocycles. The maximum absolute atomic E-state index is 15.5. The van der Waals surface area contributed by atoms with E-state index in [0.717, 1.165) is 31.4 Å². The van der Waals surface area contributed by atoms with Crippen molar-refractivity contribution in [1.29, 1.82) is 0 Å². The van der Waals surface area contributed by atoms with Crippen molar-refractivity contribution < 1.29 is 61.6 Å². The molecule has 2 bridgehead atoms. The van der Waals surface area contributed by atoms with Crippen molar-refractivity contribution in [3.05, 3.63) is 72.3 Å². The molecule has 0 saturated carbocycles. The first kappa shape index (κ1) is 63.5. The first-order chi connectivity index (χ1) is 38.7. The van der Waals surface area contributed by atoms with E-state index < -0.39 is 154 Å². The van der Waals surface area contributed by atoms with Gasteiger partial charge in [-0.3, -0.25) is 52.5 Å². The van der Waals surface area contributed by atoms with Crippen LogP contribution in [0.15, 0.2) is 60.9 Å². The van der Waals surface area contributed by atoms with Crippen molar-refractivity contribution in [2.75, 3.05) is 53.4 Å². The number of amides is 8. The van der Waals surface area contributed by atoms with E-state index >= 15 is 13.8 Å². The Morgan fingerprint density at radius 3 is 1.39 bits per heavy atom. The molecule has 0 aliphatic carbocycles. The van der Waals surface area contributed by atoms with Crippen molar-refractivity contribution in [2.24, 2.45) is 23.7 Å². The molecular formula is C55H72N12O13S2. The lowest BCUT2D eigenvalue weighted by Crippen LogP contribution is -2.62. The molecule has 2 aliphatic rings. The fourth-order valence-corrected chi connectivity index (χ4v) is 12.6. The summed E-state index contributed by atoms with van der Waals surface area (Å²) in [5.74, 6) is -12.5. The first-order valence-corrected chi connectivity index (χ1v) is 29.3. The van der Waals surface area contributed by atoms with Gasteiger partial charge in [0.15, 0.2) is 0 Å². The summed E-state index contributed by atoms with van der Waals surface area (Å²) in [5.41, 5.74) is 1.26. The Morgan fingerprint density at radius 1 is 0.598 bits per heavy atom. The van der Waals surface area contributed by atoms with Crippen LogP contribution in [0.3, 0.4) is 0 Å². The fraction of sp³-hybridized carbons (Fsp3) is 0.527. The van der Waals surface area contributed by atoms with Crippen molar-refractivity contribution in [1.82, 2.24) is 60.8 Å². The van der Waals surface area contributed by atoms with Crippen LogP contribution in [0.1, 0.15) is 76.4 Å². The number of para-hydroxylation sites is 4. The molecule has 27 heteroatoms. The summed E-state index contributed by atoms with van der Waals surface area (Å²) < 4.78 is 25.6. The Morgan fingerprint density at radius 2 is 0.988 bits per heavy atom. The molecule has 442 valence electrons. The third-order valence-corrected chi connectivity index (χ3v) is 18.5. The van der Waals surface area contributed by atoms with Gasteiger partial charge in [0.1, 0.15) is 77.5 Å². The van der Waals surface area contributed by atoms with Gasteiger partial charge in [0, 0.05) is 39.0 Å². The summed E-state index contributed by atoms with van der Waals surface area (Å²) in [7, 11) is 2.61. The highest BCUT2D eigenvalue weighted by molar-refractivity contribution is 8.11. The highest BCUT2D eigenvalue weighted by atomic mass is 32.2. The number of esters is 2. The van der Waals surface area contributed by atoms with Crippen LogP contribution in [-0.2, 0) is 58.6 Å². The Hall–Kier alpha value is -7.68. The molecule has 2 unspecified atom stereocenters. The molecule has 82 heavy (non-hydrogen) atoms. The van der Waals surface area contributed by atoms with Gasteiger partial charge in [-0.15, -0.1) is 11.8 Å². The number of fused-ring (bicyclic) bond motifs is 6. The van der Waals surface area contributed by atoms with Gasteiger partial charge in [-0.1, -0.05) is 65.8 Å². The number of benzene rings is 2. The van der Waals surface area contributed by atoms with Gasteiger partial charge in [-0.25, -0.2) is 19.6 Å². The molecule has 2 aromatic heterocycles. The second-order valence-corrected chi connectivity index (χ2v) is 24.1. The van der Waals surface area contributed by atoms with E-state index in [0.29, 0.717) is 22.1 Å². The molecule has 4 N–H and O–H groups in total. The molecule has 25 nitrogen and oxygen atoms in total. The monoisotopic (exact) mass is 1170 g/mol. The number of hydrogen-bond acceptors (Lipinski definition) is 18. The smallest absolute Gasteiger partial charge is 0.329 e. The Balaban J connectivity index is 1.50. The van der Waals surface area contributed by atoms with E-state index in [1.54, 1.807) is 90.1 Å². The van der Waals surface area contributed by atoms with Crippen LogP contribution < -0.4 is 21.3 Å². The second-order valence-electron chi connectivity index (χ2n) is 21.3. The summed E-state index contributed by atoms with van der Waals surface area (Å²) in [6.07, 6.45) is 3.89. The highest BCUT2D eigenvalue weighted by Crippen LogP contribution is 2.29. The van der Waals surface area contributed by atoms with Crippen LogP contribution in [0.2, 0.25) is 0 Å². The predicted octanol–water partition coefficient (Wildman–Crippen LogP) is 0.923. The van der Waals surface area contributed by atoms with Crippen LogP contribution in [0.5, 0.6) is 0 Å². The average molecular weight is 1170 g/mol. The third kappa shape index (κ3) is 14.3. The minimum absolute atomic E-state index is 0.207. The average Bonchev–Trinajstić information content (AvgIpc) is 3.68. The SMILES string of the molecule is CSC1[C@H]2C(=O)N(C)[C@@H]([C@@H](C)C(C)C)C(=O)OC[C@@H](NC(=O)c3cnc4ccccc4n3)C(=O)N[C@@H](C)C(=O)N(C)[C@H](CS1=O)C(=O)N(C)[C@@H]([C@@H](C)C(C)C)C(=O)OC[C@@H](NC(=O)c1cnc3ccccc3n1)C(=O)N[C@@H](C)C(=O)N2C. The van der Waals surface area contributed by atoms with Crippen molar-refractivity contribution in [2.45, 2.75) is 108 Å². The Labute approximate surface area is 482 Å². The number of ether oxygens (including phenoxy) is 2. The van der Waals surface area contributed by atoms with E-state index in [4.69, 9.17) is 9.47 Å². The normalized spacial score (nSPS) is 26.3. The van der Waals surface area contributed by atoms with Gasteiger partial charge >= 0.3 is 11.9 Å². The van der Waals surface area contributed by atoms with Crippen LogP contribution in [0.25, 0.3) is 22.1 Å². The number of nitrogens with one attached hydrogen (secondary N) is 4. The third-order valence-electron chi connectivity index (χ3n) is 15.2. The van der Waals surface area contributed by atoms with Gasteiger partial charge in [0.2, 0.25) is 35.4 Å². The largest absolute Gasteiger partial charge is 0.461 e. The molecular weight excluding hydrogens is 1100 g/mol. The first-order valence-electron chi connectivity index (χ1n) is 26.6. The standard InChI is InChI=1S/C55H72N12O13S2/c1-27(2)29(5)42-53(76)79-24-40(63-46(69)38-23-57-34-19-15-17-21-36(34)61-38)48(71)59-32(8)50(73)67(12)44-52(75)66(11)43(30(6)28(3)4)54(77)80-25-39(62-45(68)37-22-56-33-18-14-16-20-35(33)60-37)47(70)58-31(7)49(72)64(9)41(51(74)65(42)10)26-82(78)55(44)81-13/h14-23,27-32,39-44,55H,24-26H2,1-13H3,(H,58,70)(H,59,71)(H,62,68)(H,63,69)/t29-,30-,31-,32-,39+,40+,41+,42-,43-,44+,55?,82?/m0/s1. The Bertz CT molecular complexity index is 3130. The molecule has 6 rings (SSSR count). The number of cyclic esters (lactones) is 2. The quantitative estimate of drug-likeness (QED) is 0.169. The lowest BCUT2D eigenvalue weighted by Gasteiger charge is -2.40. The van der Waals surface area contributed by atoms with Crippen molar-refractivity contribution >= 4 is 104 Å². The maximum Gasteiger partial charge on any atom is 0.329 e. The van der Waals surface area contributed by atoms with Gasteiger partial charge in [-0.05, 0) is 68.0 Å². The molecule has 4 aromatic rings. The molecule has 8 amide bonds. The number of likely N-dealkylation sites (N-methyl/N-ethyl adjacent to an activating group) is 4. The molecule has 0 spiro atoms. The molecule has 2 aromatic carbocycles. The number of aromatic nitrogens is 4.